The topological polar surface area (TPSA) is 37.7 Å². The summed E-state index contributed by atoms with van der Waals surface area (Å²) in [5, 5.41) is 1.29. The number of benzene rings is 1. The molecule has 2 aromatic rings. The van der Waals surface area contributed by atoms with Crippen molar-refractivity contribution in [1.82, 2.24) is 14.4 Å². The second-order valence-electron chi connectivity index (χ2n) is 10.4. The molecule has 0 unspecified atom stereocenters. The van der Waals surface area contributed by atoms with Crippen LogP contribution in [0.3, 0.4) is 0 Å². The summed E-state index contributed by atoms with van der Waals surface area (Å²) in [5.41, 5.74) is 2.56. The zero-order valence-corrected chi connectivity index (χ0v) is 21.0. The average Bonchev–Trinajstić information content (AvgIpc) is 3.21. The van der Waals surface area contributed by atoms with E-state index in [1.807, 2.05) is 0 Å². The Morgan fingerprint density at radius 3 is 2.79 bits per heavy atom. The molecule has 2 aliphatic rings. The van der Waals surface area contributed by atoms with E-state index < -0.39 is 0 Å². The first kappa shape index (κ1) is 24.3. The number of hydrogen-bond acceptors (Lipinski definition) is 3. The minimum Gasteiger partial charge on any atom is -0.385 e. The summed E-state index contributed by atoms with van der Waals surface area (Å²) in [6, 6.07) is 9.69. The molecule has 4 rings (SSSR count). The van der Waals surface area contributed by atoms with Crippen molar-refractivity contribution in [3.8, 4) is 0 Å². The van der Waals surface area contributed by atoms with E-state index in [4.69, 9.17) is 4.74 Å². The highest BCUT2D eigenvalue weighted by atomic mass is 16.5. The summed E-state index contributed by atoms with van der Waals surface area (Å²) in [5.74, 6) is 0.925. The van der Waals surface area contributed by atoms with Crippen LogP contribution >= 0.6 is 0 Å². The summed E-state index contributed by atoms with van der Waals surface area (Å²) in [6.45, 7) is 9.37. The molecular formula is C28H43N3O2. The lowest BCUT2D eigenvalue weighted by Crippen LogP contribution is -2.51. The third kappa shape index (κ3) is 5.81. The van der Waals surface area contributed by atoms with Gasteiger partial charge < -0.3 is 19.1 Å². The van der Waals surface area contributed by atoms with Crippen LogP contribution in [0.25, 0.3) is 10.9 Å². The number of carbonyl (C=O) groups excluding carboxylic acids is 1. The number of methoxy groups -OCH3 is 1. The Bertz CT molecular complexity index is 904. The summed E-state index contributed by atoms with van der Waals surface area (Å²) in [4.78, 5) is 18.4. The molecule has 0 radical (unpaired) electrons. The van der Waals surface area contributed by atoms with Crippen LogP contribution < -0.4 is 0 Å². The highest BCUT2D eigenvalue weighted by molar-refractivity contribution is 5.85. The van der Waals surface area contributed by atoms with E-state index in [0.717, 1.165) is 25.9 Å². The standard InChI is InChI=1S/C28H43N3O2/c1-22(2)31-21-23(25-11-4-5-13-27(25)31)14-15-28(32)30(18-9-19-33-3)20-24-10-8-17-29-16-7-6-12-26(24)29/h4-5,11,13,21-22,24,26H,6-10,12,14-20H2,1-3H3/t24-,26+/m0/s1. The van der Waals surface area contributed by atoms with Crippen LogP contribution in [0.2, 0.25) is 0 Å². The molecule has 0 bridgehead atoms. The molecule has 1 aromatic carbocycles. The van der Waals surface area contributed by atoms with Gasteiger partial charge in [0, 0.05) is 62.4 Å². The molecule has 3 heterocycles. The highest BCUT2D eigenvalue weighted by Gasteiger charge is 2.34. The minimum absolute atomic E-state index is 0.306. The van der Waals surface area contributed by atoms with Crippen molar-refractivity contribution in [2.24, 2.45) is 5.92 Å². The minimum atomic E-state index is 0.306. The maximum absolute atomic E-state index is 13.5. The number of ether oxygens (including phenoxy) is 1. The van der Waals surface area contributed by atoms with Gasteiger partial charge in [0.25, 0.3) is 0 Å². The van der Waals surface area contributed by atoms with E-state index in [0.29, 0.717) is 36.9 Å². The summed E-state index contributed by atoms with van der Waals surface area (Å²) in [7, 11) is 1.75. The first-order valence-corrected chi connectivity index (χ1v) is 13.2. The number of nitrogens with zero attached hydrogens (tertiary/aromatic N) is 3. The molecule has 33 heavy (non-hydrogen) atoms. The normalized spacial score (nSPS) is 21.5. The lowest BCUT2D eigenvalue weighted by atomic mass is 9.83. The Balaban J connectivity index is 1.44. The van der Waals surface area contributed by atoms with Crippen LogP contribution in [0.5, 0.6) is 0 Å². The number of fused-ring (bicyclic) bond motifs is 2. The molecule has 1 amide bonds. The van der Waals surface area contributed by atoms with Gasteiger partial charge in [-0.1, -0.05) is 24.6 Å². The van der Waals surface area contributed by atoms with E-state index in [1.54, 1.807) is 7.11 Å². The number of piperidine rings is 2. The monoisotopic (exact) mass is 453 g/mol. The molecule has 2 atom stereocenters. The molecule has 5 heteroatoms. The third-order valence-corrected chi connectivity index (χ3v) is 7.80. The van der Waals surface area contributed by atoms with Gasteiger partial charge in [-0.05, 0) is 83.0 Å². The predicted molar refractivity (Wildman–Crippen MR) is 136 cm³/mol. The van der Waals surface area contributed by atoms with E-state index in [-0.39, 0.29) is 0 Å². The van der Waals surface area contributed by atoms with Gasteiger partial charge in [-0.2, -0.15) is 0 Å². The Labute approximate surface area is 200 Å². The lowest BCUT2D eigenvalue weighted by molar-refractivity contribution is -0.132. The fraction of sp³-hybridized carbons (Fsp3) is 0.679. The van der Waals surface area contributed by atoms with Crippen molar-refractivity contribution in [2.45, 2.75) is 77.3 Å². The number of para-hydroxylation sites is 1. The van der Waals surface area contributed by atoms with Crippen molar-refractivity contribution in [2.75, 3.05) is 39.9 Å². The van der Waals surface area contributed by atoms with Crippen LogP contribution in [0.1, 0.15) is 70.4 Å². The molecule has 0 saturated carbocycles. The summed E-state index contributed by atoms with van der Waals surface area (Å²) >= 11 is 0. The van der Waals surface area contributed by atoms with Gasteiger partial charge in [-0.3, -0.25) is 4.79 Å². The van der Waals surface area contributed by atoms with E-state index >= 15 is 0 Å². The molecule has 2 aliphatic heterocycles. The fourth-order valence-corrected chi connectivity index (χ4v) is 6.09. The predicted octanol–water partition coefficient (Wildman–Crippen LogP) is 5.28. The van der Waals surface area contributed by atoms with Crippen molar-refractivity contribution in [1.29, 1.82) is 0 Å². The Morgan fingerprint density at radius 2 is 1.97 bits per heavy atom. The van der Waals surface area contributed by atoms with Crippen LogP contribution in [0.4, 0.5) is 0 Å². The van der Waals surface area contributed by atoms with Crippen molar-refractivity contribution < 1.29 is 9.53 Å². The lowest BCUT2D eigenvalue weighted by Gasteiger charge is -2.45. The largest absolute Gasteiger partial charge is 0.385 e. The molecule has 2 fully saturated rings. The molecule has 0 spiro atoms. The second-order valence-corrected chi connectivity index (χ2v) is 10.4. The molecule has 0 aliphatic carbocycles. The quantitative estimate of drug-likeness (QED) is 0.459. The zero-order valence-electron chi connectivity index (χ0n) is 21.0. The number of rotatable bonds is 10. The van der Waals surface area contributed by atoms with Gasteiger partial charge in [0.05, 0.1) is 0 Å². The molecule has 5 nitrogen and oxygen atoms in total. The van der Waals surface area contributed by atoms with Gasteiger partial charge in [-0.15, -0.1) is 0 Å². The van der Waals surface area contributed by atoms with Gasteiger partial charge in [0.2, 0.25) is 5.91 Å². The Morgan fingerprint density at radius 1 is 1.15 bits per heavy atom. The van der Waals surface area contributed by atoms with Gasteiger partial charge in [-0.25, -0.2) is 0 Å². The van der Waals surface area contributed by atoms with E-state index in [9.17, 15) is 4.79 Å². The van der Waals surface area contributed by atoms with Crippen LogP contribution in [-0.2, 0) is 16.0 Å². The number of carbonyl (C=O) groups is 1. The summed E-state index contributed by atoms with van der Waals surface area (Å²) in [6.07, 6.45) is 11.1. The van der Waals surface area contributed by atoms with Crippen LogP contribution in [0, 0.1) is 5.92 Å². The highest BCUT2D eigenvalue weighted by Crippen LogP contribution is 2.32. The molecular weight excluding hydrogens is 410 g/mol. The average molecular weight is 454 g/mol. The maximum atomic E-state index is 13.5. The van der Waals surface area contributed by atoms with Crippen LogP contribution in [0.15, 0.2) is 30.5 Å². The number of hydrogen-bond donors (Lipinski definition) is 0. The van der Waals surface area contributed by atoms with Crippen molar-refractivity contribution in [3.05, 3.63) is 36.0 Å². The SMILES string of the molecule is COCCCN(C[C@@H]1CCCN2CCCC[C@H]12)C(=O)CCc1cn(C(C)C)c2ccccc12. The van der Waals surface area contributed by atoms with Crippen molar-refractivity contribution in [3.63, 3.8) is 0 Å². The molecule has 2 saturated heterocycles. The maximum Gasteiger partial charge on any atom is 0.222 e. The van der Waals surface area contributed by atoms with Crippen molar-refractivity contribution >= 4 is 16.8 Å². The second kappa shape index (κ2) is 11.5. The zero-order chi connectivity index (χ0) is 23.2. The molecule has 0 N–H and O–H groups in total. The van der Waals surface area contributed by atoms with Crippen LogP contribution in [-0.4, -0.2) is 66.2 Å². The van der Waals surface area contributed by atoms with Gasteiger partial charge in [0.15, 0.2) is 0 Å². The fourth-order valence-electron chi connectivity index (χ4n) is 6.09. The smallest absolute Gasteiger partial charge is 0.222 e. The van der Waals surface area contributed by atoms with Gasteiger partial charge in [0.1, 0.15) is 0 Å². The molecule has 1 aromatic heterocycles. The molecule has 182 valence electrons. The van der Waals surface area contributed by atoms with Gasteiger partial charge >= 0.3 is 0 Å². The first-order chi connectivity index (χ1) is 16.1. The number of aryl methyl sites for hydroxylation is 1. The van der Waals surface area contributed by atoms with E-state index in [1.165, 1.54) is 61.7 Å². The Hall–Kier alpha value is -1.85. The number of amides is 1. The Kier molecular flexibility index (Phi) is 8.48. The van der Waals surface area contributed by atoms with E-state index in [2.05, 4.69) is 58.7 Å². The first-order valence-electron chi connectivity index (χ1n) is 13.2. The summed E-state index contributed by atoms with van der Waals surface area (Å²) < 4.78 is 7.64. The third-order valence-electron chi connectivity index (χ3n) is 7.80. The number of aromatic nitrogens is 1.